The highest BCUT2D eigenvalue weighted by atomic mass is 35.5. The monoisotopic (exact) mass is 329 g/mol. The van der Waals surface area contributed by atoms with Crippen LogP contribution in [0.5, 0.6) is 0 Å². The smallest absolute Gasteiger partial charge is 0.269 e. The van der Waals surface area contributed by atoms with Crippen molar-refractivity contribution in [3.05, 3.63) is 75.1 Å². The van der Waals surface area contributed by atoms with Gasteiger partial charge in [-0.2, -0.15) is 5.10 Å². The van der Waals surface area contributed by atoms with Crippen LogP contribution >= 0.6 is 11.6 Å². The van der Waals surface area contributed by atoms with Gasteiger partial charge in [-0.05, 0) is 29.8 Å². The molecule has 3 rings (SSSR count). The molecule has 0 saturated heterocycles. The highest BCUT2D eigenvalue weighted by Crippen LogP contribution is 2.23. The molecule has 0 spiro atoms. The van der Waals surface area contributed by atoms with E-state index in [1.807, 2.05) is 12.1 Å². The fourth-order valence-corrected chi connectivity index (χ4v) is 2.23. The van der Waals surface area contributed by atoms with Gasteiger partial charge in [-0.3, -0.25) is 15.2 Å². The van der Waals surface area contributed by atoms with Gasteiger partial charge in [-0.25, -0.2) is 4.98 Å². The Morgan fingerprint density at radius 1 is 1.13 bits per heavy atom. The van der Waals surface area contributed by atoms with Crippen LogP contribution in [-0.4, -0.2) is 20.1 Å². The molecule has 0 unspecified atom stereocenters. The molecule has 0 aliphatic rings. The van der Waals surface area contributed by atoms with Gasteiger partial charge < -0.3 is 5.73 Å². The molecule has 3 N–H and O–H groups in total. The summed E-state index contributed by atoms with van der Waals surface area (Å²) in [6.45, 7) is 0. The second-order valence-electron chi connectivity index (χ2n) is 4.88. The lowest BCUT2D eigenvalue weighted by atomic mass is 10.1. The van der Waals surface area contributed by atoms with Crippen molar-refractivity contribution in [1.29, 1.82) is 0 Å². The zero-order valence-electron chi connectivity index (χ0n) is 11.8. The van der Waals surface area contributed by atoms with Crippen LogP contribution in [0.2, 0.25) is 5.02 Å². The van der Waals surface area contributed by atoms with Crippen LogP contribution in [0.3, 0.4) is 0 Å². The van der Waals surface area contributed by atoms with Gasteiger partial charge in [-0.1, -0.05) is 23.7 Å². The van der Waals surface area contributed by atoms with Gasteiger partial charge in [0.25, 0.3) is 5.69 Å². The standard InChI is InChI=1S/C15H12ClN5O2/c16-11-5-1-9(2-6-11)13(17)15-18-14(19-20-15)10-3-7-12(8-4-10)21(22)23/h1-8,13H,17H2,(H,18,19,20)/t13-/m0/s1. The number of hydrogen-bond donors (Lipinski definition) is 2. The van der Waals surface area contributed by atoms with Crippen LogP contribution in [0.1, 0.15) is 17.4 Å². The summed E-state index contributed by atoms with van der Waals surface area (Å²) in [5.74, 6) is 0.931. The number of benzene rings is 2. The topological polar surface area (TPSA) is 111 Å². The number of hydrogen-bond acceptors (Lipinski definition) is 5. The zero-order chi connectivity index (χ0) is 16.4. The molecule has 1 heterocycles. The normalized spacial score (nSPS) is 12.1. The maximum atomic E-state index is 10.7. The fourth-order valence-electron chi connectivity index (χ4n) is 2.10. The van der Waals surface area contributed by atoms with E-state index < -0.39 is 11.0 Å². The molecule has 1 atom stereocenters. The number of nitro groups is 1. The first-order valence-corrected chi connectivity index (χ1v) is 7.10. The highest BCUT2D eigenvalue weighted by Gasteiger charge is 2.15. The number of aromatic amines is 1. The third-order valence-corrected chi connectivity index (χ3v) is 3.61. The Morgan fingerprint density at radius 2 is 1.78 bits per heavy atom. The molecule has 0 saturated carbocycles. The second kappa shape index (κ2) is 6.15. The van der Waals surface area contributed by atoms with Crippen molar-refractivity contribution >= 4 is 17.3 Å². The minimum atomic E-state index is -0.466. The number of aromatic nitrogens is 3. The van der Waals surface area contributed by atoms with Gasteiger partial charge >= 0.3 is 0 Å². The Balaban J connectivity index is 1.84. The summed E-state index contributed by atoms with van der Waals surface area (Å²) >= 11 is 5.86. The van der Waals surface area contributed by atoms with E-state index in [2.05, 4.69) is 15.2 Å². The van der Waals surface area contributed by atoms with E-state index in [0.717, 1.165) is 5.56 Å². The van der Waals surface area contributed by atoms with Crippen LogP contribution in [0, 0.1) is 10.1 Å². The van der Waals surface area contributed by atoms with E-state index in [1.54, 1.807) is 24.3 Å². The molecule has 0 amide bonds. The third-order valence-electron chi connectivity index (χ3n) is 3.36. The van der Waals surface area contributed by atoms with Crippen LogP contribution in [-0.2, 0) is 0 Å². The van der Waals surface area contributed by atoms with E-state index in [-0.39, 0.29) is 5.69 Å². The summed E-state index contributed by atoms with van der Waals surface area (Å²) in [5, 5.41) is 18.2. The molecular formula is C15H12ClN5O2. The maximum absolute atomic E-state index is 10.7. The lowest BCUT2D eigenvalue weighted by molar-refractivity contribution is -0.384. The number of H-pyrrole nitrogens is 1. The molecule has 3 aromatic rings. The molecule has 7 nitrogen and oxygen atoms in total. The predicted octanol–water partition coefficient (Wildman–Crippen LogP) is 3.08. The van der Waals surface area contributed by atoms with E-state index in [0.29, 0.717) is 22.2 Å². The molecule has 0 fully saturated rings. The number of halogens is 1. The summed E-state index contributed by atoms with van der Waals surface area (Å²) < 4.78 is 0. The predicted molar refractivity (Wildman–Crippen MR) is 86.0 cm³/mol. The van der Waals surface area contributed by atoms with Crippen molar-refractivity contribution in [3.63, 3.8) is 0 Å². The third kappa shape index (κ3) is 3.20. The minimum absolute atomic E-state index is 0.0161. The number of nitrogens with zero attached hydrogens (tertiary/aromatic N) is 3. The van der Waals surface area contributed by atoms with E-state index >= 15 is 0 Å². The first-order valence-electron chi connectivity index (χ1n) is 6.73. The summed E-state index contributed by atoms with van der Waals surface area (Å²) in [6, 6.07) is 12.7. The summed E-state index contributed by atoms with van der Waals surface area (Å²) in [4.78, 5) is 14.6. The molecule has 23 heavy (non-hydrogen) atoms. The number of rotatable bonds is 4. The number of nitrogens with two attached hydrogens (primary N) is 1. The van der Waals surface area contributed by atoms with Crippen molar-refractivity contribution in [3.8, 4) is 11.4 Å². The van der Waals surface area contributed by atoms with Crippen molar-refractivity contribution < 1.29 is 4.92 Å². The maximum Gasteiger partial charge on any atom is 0.269 e. The quantitative estimate of drug-likeness (QED) is 0.564. The number of nitrogens with one attached hydrogen (secondary N) is 1. The van der Waals surface area contributed by atoms with Crippen LogP contribution in [0.15, 0.2) is 48.5 Å². The zero-order valence-corrected chi connectivity index (χ0v) is 12.6. The number of non-ortho nitro benzene ring substituents is 1. The van der Waals surface area contributed by atoms with Crippen molar-refractivity contribution in [2.24, 2.45) is 5.73 Å². The van der Waals surface area contributed by atoms with Gasteiger partial charge in [0.15, 0.2) is 5.82 Å². The first-order chi connectivity index (χ1) is 11.0. The molecule has 0 aliphatic heterocycles. The van der Waals surface area contributed by atoms with Gasteiger partial charge in [0.2, 0.25) is 0 Å². The Bertz CT molecular complexity index is 830. The van der Waals surface area contributed by atoms with E-state index in [4.69, 9.17) is 17.3 Å². The van der Waals surface area contributed by atoms with Crippen LogP contribution in [0.4, 0.5) is 5.69 Å². The molecular weight excluding hydrogens is 318 g/mol. The van der Waals surface area contributed by atoms with Gasteiger partial charge in [0.05, 0.1) is 11.0 Å². The van der Waals surface area contributed by atoms with Gasteiger partial charge in [-0.15, -0.1) is 0 Å². The van der Waals surface area contributed by atoms with E-state index in [1.165, 1.54) is 12.1 Å². The molecule has 1 aromatic heterocycles. The average molecular weight is 330 g/mol. The molecule has 0 radical (unpaired) electrons. The molecule has 8 heteroatoms. The highest BCUT2D eigenvalue weighted by molar-refractivity contribution is 6.30. The van der Waals surface area contributed by atoms with Crippen molar-refractivity contribution in [1.82, 2.24) is 15.2 Å². The molecule has 116 valence electrons. The summed E-state index contributed by atoms with van der Waals surface area (Å²) in [5.41, 5.74) is 7.69. The Labute approximate surface area is 136 Å². The molecule has 0 bridgehead atoms. The van der Waals surface area contributed by atoms with Crippen LogP contribution in [0.25, 0.3) is 11.4 Å². The largest absolute Gasteiger partial charge is 0.318 e. The SMILES string of the molecule is N[C@@H](c1ccc(Cl)cc1)c1nc(-c2ccc([N+](=O)[O-])cc2)n[nH]1. The fraction of sp³-hybridized carbons (Fsp3) is 0.0667. The Hall–Kier alpha value is -2.77. The lowest BCUT2D eigenvalue weighted by Crippen LogP contribution is -2.13. The van der Waals surface area contributed by atoms with Crippen molar-refractivity contribution in [2.45, 2.75) is 6.04 Å². The number of nitro benzene ring substituents is 1. The average Bonchev–Trinajstić information content (AvgIpc) is 3.05. The molecule has 0 aliphatic carbocycles. The lowest BCUT2D eigenvalue weighted by Gasteiger charge is -2.08. The van der Waals surface area contributed by atoms with E-state index in [9.17, 15) is 10.1 Å². The Kier molecular flexibility index (Phi) is 4.05. The summed E-state index contributed by atoms with van der Waals surface area (Å²) in [6.07, 6.45) is 0. The Morgan fingerprint density at radius 3 is 2.39 bits per heavy atom. The van der Waals surface area contributed by atoms with Gasteiger partial charge in [0, 0.05) is 22.7 Å². The van der Waals surface area contributed by atoms with Gasteiger partial charge in [0.1, 0.15) is 5.82 Å². The summed E-state index contributed by atoms with van der Waals surface area (Å²) in [7, 11) is 0. The minimum Gasteiger partial charge on any atom is -0.318 e. The first kappa shape index (κ1) is 15.1. The van der Waals surface area contributed by atoms with Crippen molar-refractivity contribution in [2.75, 3.05) is 0 Å². The molecule has 2 aromatic carbocycles. The second-order valence-corrected chi connectivity index (χ2v) is 5.31. The van der Waals surface area contributed by atoms with Crippen LogP contribution < -0.4 is 5.73 Å².